The first-order valence-corrected chi connectivity index (χ1v) is 6.68. The lowest BCUT2D eigenvalue weighted by Gasteiger charge is -2.21. The number of thiazole rings is 1. The highest BCUT2D eigenvalue weighted by Crippen LogP contribution is 2.25. The summed E-state index contributed by atoms with van der Waals surface area (Å²) in [5, 5.41) is 2.62. The van der Waals surface area contributed by atoms with Gasteiger partial charge < -0.3 is 10.2 Å². The van der Waals surface area contributed by atoms with Crippen molar-refractivity contribution in [2.75, 3.05) is 11.4 Å². The number of para-hydroxylation sites is 1. The monoisotopic (exact) mass is 273 g/mol. The Labute approximate surface area is 113 Å². The molecule has 1 N–H and O–H groups in total. The number of hydrogen-bond donors (Lipinski definition) is 1. The Bertz CT molecular complexity index is 625. The molecule has 0 radical (unpaired) electrons. The van der Waals surface area contributed by atoms with E-state index in [1.165, 1.54) is 11.3 Å². The molecule has 0 unspecified atom stereocenters. The maximum absolute atomic E-state index is 12.1. The minimum atomic E-state index is -0.212. The molecule has 1 aromatic heterocycles. The second kappa shape index (κ2) is 4.81. The standard InChI is InChI=1S/C13H11N3O2S/c17-12-6-15-13(18)10-3-1-2-4-11(10)16(12)7-9-5-14-8-19-9/h1-5,8H,6-7H2,(H,15,18). The average Bonchev–Trinajstić information content (AvgIpc) is 2.91. The normalized spacial score (nSPS) is 14.8. The molecular formula is C13H11N3O2S. The fraction of sp³-hybridized carbons (Fsp3) is 0.154. The van der Waals surface area contributed by atoms with Crippen molar-refractivity contribution in [2.24, 2.45) is 0 Å². The summed E-state index contributed by atoms with van der Waals surface area (Å²) in [4.78, 5) is 30.7. The molecular weight excluding hydrogens is 262 g/mol. The predicted molar refractivity (Wildman–Crippen MR) is 72.1 cm³/mol. The van der Waals surface area contributed by atoms with E-state index in [4.69, 9.17) is 0 Å². The summed E-state index contributed by atoms with van der Waals surface area (Å²) in [6.07, 6.45) is 1.74. The third-order valence-electron chi connectivity index (χ3n) is 2.94. The molecule has 2 heterocycles. The summed E-state index contributed by atoms with van der Waals surface area (Å²) in [6.45, 7) is 0.460. The van der Waals surface area contributed by atoms with Gasteiger partial charge in [-0.2, -0.15) is 0 Å². The fourth-order valence-electron chi connectivity index (χ4n) is 2.03. The summed E-state index contributed by atoms with van der Waals surface area (Å²) < 4.78 is 0. The lowest BCUT2D eigenvalue weighted by molar-refractivity contribution is -0.117. The Balaban J connectivity index is 2.03. The van der Waals surface area contributed by atoms with Gasteiger partial charge in [-0.25, -0.2) is 0 Å². The van der Waals surface area contributed by atoms with E-state index < -0.39 is 0 Å². The van der Waals surface area contributed by atoms with Crippen molar-refractivity contribution in [1.82, 2.24) is 10.3 Å². The molecule has 3 rings (SSSR count). The summed E-state index contributed by atoms with van der Waals surface area (Å²) >= 11 is 1.49. The number of anilines is 1. The smallest absolute Gasteiger partial charge is 0.253 e. The number of carbonyl (C=O) groups is 2. The maximum atomic E-state index is 12.1. The first-order valence-electron chi connectivity index (χ1n) is 5.80. The molecule has 0 fully saturated rings. The van der Waals surface area contributed by atoms with Crippen LogP contribution in [0.25, 0.3) is 0 Å². The van der Waals surface area contributed by atoms with Gasteiger partial charge in [0, 0.05) is 11.1 Å². The van der Waals surface area contributed by atoms with Crippen molar-refractivity contribution in [3.8, 4) is 0 Å². The van der Waals surface area contributed by atoms with Crippen molar-refractivity contribution in [3.05, 3.63) is 46.4 Å². The molecule has 0 saturated heterocycles. The van der Waals surface area contributed by atoms with Gasteiger partial charge in [0.1, 0.15) is 0 Å². The van der Waals surface area contributed by atoms with E-state index in [2.05, 4.69) is 10.3 Å². The van der Waals surface area contributed by atoms with E-state index in [0.717, 1.165) is 4.88 Å². The zero-order chi connectivity index (χ0) is 13.2. The Morgan fingerprint density at radius 1 is 1.32 bits per heavy atom. The molecule has 1 aliphatic heterocycles. The first kappa shape index (κ1) is 11.9. The molecule has 0 bridgehead atoms. The van der Waals surface area contributed by atoms with Gasteiger partial charge in [-0.15, -0.1) is 11.3 Å². The summed E-state index contributed by atoms with van der Waals surface area (Å²) in [5.41, 5.74) is 2.90. The molecule has 2 aromatic rings. The van der Waals surface area contributed by atoms with Crippen molar-refractivity contribution >= 4 is 28.8 Å². The fourth-order valence-corrected chi connectivity index (χ4v) is 2.61. The van der Waals surface area contributed by atoms with Crippen LogP contribution in [0.3, 0.4) is 0 Å². The van der Waals surface area contributed by atoms with Crippen molar-refractivity contribution in [3.63, 3.8) is 0 Å². The number of carbonyl (C=O) groups excluding carboxylic acids is 2. The molecule has 19 heavy (non-hydrogen) atoms. The van der Waals surface area contributed by atoms with Gasteiger partial charge in [0.15, 0.2) is 0 Å². The molecule has 0 atom stereocenters. The highest BCUT2D eigenvalue weighted by molar-refractivity contribution is 7.09. The first-order chi connectivity index (χ1) is 9.25. The number of amides is 2. The van der Waals surface area contributed by atoms with Crippen LogP contribution in [0.1, 0.15) is 15.2 Å². The van der Waals surface area contributed by atoms with Gasteiger partial charge in [0.2, 0.25) is 5.91 Å². The van der Waals surface area contributed by atoms with Crippen LogP contribution in [0.2, 0.25) is 0 Å². The number of hydrogen-bond acceptors (Lipinski definition) is 4. The van der Waals surface area contributed by atoms with Crippen LogP contribution < -0.4 is 10.2 Å². The topological polar surface area (TPSA) is 62.3 Å². The number of aromatic nitrogens is 1. The van der Waals surface area contributed by atoms with Crippen LogP contribution in [0.15, 0.2) is 36.0 Å². The van der Waals surface area contributed by atoms with E-state index in [-0.39, 0.29) is 18.4 Å². The van der Waals surface area contributed by atoms with Crippen LogP contribution in [0, 0.1) is 0 Å². The van der Waals surface area contributed by atoms with E-state index in [1.807, 2.05) is 6.07 Å². The van der Waals surface area contributed by atoms with Crippen LogP contribution in [-0.2, 0) is 11.3 Å². The quantitative estimate of drug-likeness (QED) is 0.900. The zero-order valence-electron chi connectivity index (χ0n) is 10.00. The van der Waals surface area contributed by atoms with Crippen LogP contribution in [0.5, 0.6) is 0 Å². The second-order valence-corrected chi connectivity index (χ2v) is 5.12. The van der Waals surface area contributed by atoms with Gasteiger partial charge in [-0.1, -0.05) is 12.1 Å². The molecule has 1 aromatic carbocycles. The number of nitrogens with zero attached hydrogens (tertiary/aromatic N) is 2. The number of nitrogens with one attached hydrogen (secondary N) is 1. The molecule has 0 saturated carbocycles. The number of benzene rings is 1. The number of fused-ring (bicyclic) bond motifs is 1. The lowest BCUT2D eigenvalue weighted by atomic mass is 10.1. The van der Waals surface area contributed by atoms with Crippen LogP contribution in [0.4, 0.5) is 5.69 Å². The summed E-state index contributed by atoms with van der Waals surface area (Å²) in [7, 11) is 0. The highest BCUT2D eigenvalue weighted by Gasteiger charge is 2.26. The summed E-state index contributed by atoms with van der Waals surface area (Å²) in [5.74, 6) is -0.331. The van der Waals surface area contributed by atoms with E-state index in [9.17, 15) is 9.59 Å². The van der Waals surface area contributed by atoms with Crippen molar-refractivity contribution < 1.29 is 9.59 Å². The van der Waals surface area contributed by atoms with Crippen LogP contribution in [-0.4, -0.2) is 23.3 Å². The lowest BCUT2D eigenvalue weighted by Crippen LogP contribution is -2.35. The van der Waals surface area contributed by atoms with Gasteiger partial charge in [0.25, 0.3) is 5.91 Å². The Morgan fingerprint density at radius 2 is 2.16 bits per heavy atom. The average molecular weight is 273 g/mol. The minimum absolute atomic E-state index is 0.0202. The molecule has 0 aliphatic carbocycles. The van der Waals surface area contributed by atoms with Gasteiger partial charge in [-0.05, 0) is 12.1 Å². The molecule has 1 aliphatic rings. The van der Waals surface area contributed by atoms with Crippen molar-refractivity contribution in [1.29, 1.82) is 0 Å². The molecule has 6 heteroatoms. The Morgan fingerprint density at radius 3 is 2.95 bits per heavy atom. The Kier molecular flexibility index (Phi) is 3.00. The van der Waals surface area contributed by atoms with Gasteiger partial charge in [0.05, 0.1) is 29.9 Å². The highest BCUT2D eigenvalue weighted by atomic mass is 32.1. The zero-order valence-corrected chi connectivity index (χ0v) is 10.8. The Hall–Kier alpha value is -2.21. The second-order valence-electron chi connectivity index (χ2n) is 4.15. The van der Waals surface area contributed by atoms with Crippen molar-refractivity contribution in [2.45, 2.75) is 6.54 Å². The molecule has 0 spiro atoms. The molecule has 5 nitrogen and oxygen atoms in total. The van der Waals surface area contributed by atoms with E-state index in [0.29, 0.717) is 17.8 Å². The SMILES string of the molecule is O=C1NCC(=O)N(Cc2cncs2)c2ccccc21. The number of rotatable bonds is 2. The third-order valence-corrected chi connectivity index (χ3v) is 3.70. The largest absolute Gasteiger partial charge is 0.343 e. The maximum Gasteiger partial charge on any atom is 0.253 e. The van der Waals surface area contributed by atoms with E-state index >= 15 is 0 Å². The van der Waals surface area contributed by atoms with Crippen LogP contribution >= 0.6 is 11.3 Å². The van der Waals surface area contributed by atoms with E-state index in [1.54, 1.807) is 34.8 Å². The van der Waals surface area contributed by atoms with Gasteiger partial charge in [-0.3, -0.25) is 14.6 Å². The predicted octanol–water partition coefficient (Wildman–Crippen LogP) is 1.42. The third kappa shape index (κ3) is 2.22. The van der Waals surface area contributed by atoms with Gasteiger partial charge >= 0.3 is 0 Å². The summed E-state index contributed by atoms with van der Waals surface area (Å²) in [6, 6.07) is 7.13. The minimum Gasteiger partial charge on any atom is -0.343 e. The molecule has 2 amide bonds. The molecule has 96 valence electrons.